The SMILES string of the molecule is NC(=O)NN(N=C=O)NS(N)(=O)=O. The average Bonchev–Trinajstić information content (AvgIpc) is 1.81. The Hall–Kier alpha value is -1.68. The van der Waals surface area contributed by atoms with E-state index in [1.165, 1.54) is 4.83 Å². The lowest BCUT2D eigenvalue weighted by Crippen LogP contribution is -2.53. The maximum Gasteiger partial charge on any atom is 0.333 e. The van der Waals surface area contributed by atoms with E-state index in [0.29, 0.717) is 0 Å². The fraction of sp³-hybridized carbons (Fsp3) is 0. The van der Waals surface area contributed by atoms with E-state index < -0.39 is 16.2 Å². The summed E-state index contributed by atoms with van der Waals surface area (Å²) in [4.78, 5) is 21.3. The third-order valence-corrected chi connectivity index (χ3v) is 0.998. The largest absolute Gasteiger partial charge is 0.350 e. The minimum Gasteiger partial charge on any atom is -0.350 e. The fourth-order valence-electron chi connectivity index (χ4n) is 0.334. The van der Waals surface area contributed by atoms with Crippen molar-refractivity contribution >= 4 is 22.3 Å². The second-order valence-corrected chi connectivity index (χ2v) is 2.89. The molecule has 6 N–H and O–H groups in total. The summed E-state index contributed by atoms with van der Waals surface area (Å²) < 4.78 is 20.7. The van der Waals surface area contributed by atoms with Gasteiger partial charge >= 0.3 is 6.03 Å². The van der Waals surface area contributed by atoms with E-state index in [1.807, 2.05) is 0 Å². The third-order valence-electron chi connectivity index (χ3n) is 0.571. The van der Waals surface area contributed by atoms with Gasteiger partial charge in [-0.25, -0.2) is 20.2 Å². The van der Waals surface area contributed by atoms with Crippen molar-refractivity contribution in [2.45, 2.75) is 0 Å². The Bertz CT molecular complexity index is 329. The number of rotatable bonds is 4. The molecule has 0 fully saturated rings. The number of urea groups is 1. The lowest BCUT2D eigenvalue weighted by molar-refractivity contribution is 0.168. The molecule has 0 spiro atoms. The quantitative estimate of drug-likeness (QED) is 0.218. The first-order valence-electron chi connectivity index (χ1n) is 2.59. The smallest absolute Gasteiger partial charge is 0.333 e. The minimum atomic E-state index is -4.16. The van der Waals surface area contributed by atoms with Crippen molar-refractivity contribution in [3.8, 4) is 0 Å². The number of isocyanates is 1. The second kappa shape index (κ2) is 4.37. The van der Waals surface area contributed by atoms with Gasteiger partial charge in [0.2, 0.25) is 0 Å². The van der Waals surface area contributed by atoms with E-state index in [9.17, 15) is 18.0 Å². The van der Waals surface area contributed by atoms with Crippen LogP contribution in [-0.4, -0.2) is 25.8 Å². The summed E-state index contributed by atoms with van der Waals surface area (Å²) in [5.74, 6) is 0. The molecule has 0 aromatic rings. The molecule has 0 atom stereocenters. The molecule has 0 heterocycles. The van der Waals surface area contributed by atoms with Gasteiger partial charge in [0.25, 0.3) is 16.3 Å². The zero-order valence-electron chi connectivity index (χ0n) is 6.09. The number of nitrogens with one attached hydrogen (secondary N) is 2. The Labute approximate surface area is 72.7 Å². The Kier molecular flexibility index (Phi) is 3.81. The van der Waals surface area contributed by atoms with E-state index in [-0.39, 0.29) is 5.23 Å². The van der Waals surface area contributed by atoms with Crippen molar-refractivity contribution < 1.29 is 18.0 Å². The summed E-state index contributed by atoms with van der Waals surface area (Å²) in [5.41, 5.74) is 6.20. The van der Waals surface area contributed by atoms with Crippen LogP contribution < -0.4 is 21.1 Å². The molecule has 0 radical (unpaired) electrons. The molecular formula is C2H6N6O4S. The van der Waals surface area contributed by atoms with Crippen LogP contribution in [0.15, 0.2) is 5.10 Å². The highest BCUT2D eigenvalue weighted by atomic mass is 32.2. The monoisotopic (exact) mass is 210 g/mol. The molecule has 0 bridgehead atoms. The van der Waals surface area contributed by atoms with Gasteiger partial charge in [0.1, 0.15) is 0 Å². The number of amides is 2. The van der Waals surface area contributed by atoms with Crippen LogP contribution >= 0.6 is 0 Å². The molecule has 10 nitrogen and oxygen atoms in total. The van der Waals surface area contributed by atoms with E-state index in [2.05, 4.69) is 16.0 Å². The molecule has 11 heteroatoms. The Balaban J connectivity index is 4.44. The van der Waals surface area contributed by atoms with Crippen molar-refractivity contribution in [3.63, 3.8) is 0 Å². The van der Waals surface area contributed by atoms with Crippen molar-refractivity contribution in [2.75, 3.05) is 0 Å². The van der Waals surface area contributed by atoms with E-state index >= 15 is 0 Å². The molecule has 0 aliphatic heterocycles. The summed E-state index contributed by atoms with van der Waals surface area (Å²) in [6, 6.07) is -1.14. The highest BCUT2D eigenvalue weighted by molar-refractivity contribution is 7.87. The number of carbonyl (C=O) groups excluding carboxylic acids is 2. The molecule has 74 valence electrons. The van der Waals surface area contributed by atoms with E-state index in [1.54, 1.807) is 5.43 Å². The van der Waals surface area contributed by atoms with Crippen LogP contribution in [0.5, 0.6) is 0 Å². The van der Waals surface area contributed by atoms with Gasteiger partial charge < -0.3 is 5.73 Å². The predicted octanol–water partition coefficient (Wildman–Crippen LogP) is -3.17. The topological polar surface area (TPSA) is 160 Å². The molecule has 0 unspecified atom stereocenters. The molecule has 0 aliphatic carbocycles. The Morgan fingerprint density at radius 3 is 2.38 bits per heavy atom. The molecule has 0 saturated carbocycles. The number of primary amides is 1. The van der Waals surface area contributed by atoms with Crippen LogP contribution in [0.25, 0.3) is 0 Å². The number of nitrogens with zero attached hydrogens (tertiary/aromatic N) is 2. The first-order chi connectivity index (χ1) is 5.85. The van der Waals surface area contributed by atoms with Crippen LogP contribution in [-0.2, 0) is 15.0 Å². The first-order valence-corrected chi connectivity index (χ1v) is 4.14. The lowest BCUT2D eigenvalue weighted by atomic mass is 11.1. The van der Waals surface area contributed by atoms with Crippen LogP contribution in [0, 0.1) is 0 Å². The second-order valence-electron chi connectivity index (χ2n) is 1.62. The molecule has 0 aromatic carbocycles. The number of hydrogen-bond donors (Lipinski definition) is 4. The summed E-state index contributed by atoms with van der Waals surface area (Å²) >= 11 is 0. The zero-order valence-corrected chi connectivity index (χ0v) is 6.91. The van der Waals surface area contributed by atoms with Crippen LogP contribution in [0.1, 0.15) is 0 Å². The normalized spacial score (nSPS) is 9.92. The highest BCUT2D eigenvalue weighted by Crippen LogP contribution is 1.77. The van der Waals surface area contributed by atoms with Crippen molar-refractivity contribution in [1.82, 2.24) is 15.5 Å². The van der Waals surface area contributed by atoms with Crippen LogP contribution in [0.3, 0.4) is 0 Å². The number of hydrazine groups is 2. The molecular weight excluding hydrogens is 204 g/mol. The fourth-order valence-corrected chi connectivity index (χ4v) is 0.661. The van der Waals surface area contributed by atoms with Gasteiger partial charge in [0.15, 0.2) is 0 Å². The minimum absolute atomic E-state index is 0.102. The zero-order chi connectivity index (χ0) is 10.5. The number of hydrogen-bond acceptors (Lipinski definition) is 6. The molecule has 2 amide bonds. The summed E-state index contributed by atoms with van der Waals surface area (Å²) in [7, 11) is -4.16. The van der Waals surface area contributed by atoms with Crippen LogP contribution in [0.2, 0.25) is 0 Å². The lowest BCUT2D eigenvalue weighted by Gasteiger charge is -2.14. The number of hydrazone groups is 1. The van der Waals surface area contributed by atoms with Crippen LogP contribution in [0.4, 0.5) is 4.79 Å². The predicted molar refractivity (Wildman–Crippen MR) is 38.9 cm³/mol. The standard InChI is InChI=1S/C2H6N6O4S/c3-2(10)6-8(5-1-9)7-13(4,11)12/h7H,(H3,3,6,10)(H2,4,11,12). The summed E-state index contributed by atoms with van der Waals surface area (Å²) in [6.45, 7) is 0. The molecule has 0 rings (SSSR count). The number of carbonyl (C=O) groups is 1. The molecule has 0 aromatic heterocycles. The highest BCUT2D eigenvalue weighted by Gasteiger charge is 2.09. The summed E-state index contributed by atoms with van der Waals surface area (Å²) in [5, 5.41) is 7.28. The third kappa shape index (κ3) is 6.71. The average molecular weight is 210 g/mol. The van der Waals surface area contributed by atoms with Gasteiger partial charge in [-0.15, -0.1) is 5.23 Å². The van der Waals surface area contributed by atoms with Gasteiger partial charge in [-0.05, 0) is 0 Å². The molecule has 0 saturated heterocycles. The maximum atomic E-state index is 10.3. The van der Waals surface area contributed by atoms with Gasteiger partial charge in [0, 0.05) is 0 Å². The van der Waals surface area contributed by atoms with E-state index in [0.717, 1.165) is 6.08 Å². The van der Waals surface area contributed by atoms with Gasteiger partial charge in [0.05, 0.1) is 0 Å². The Morgan fingerprint density at radius 1 is 1.54 bits per heavy atom. The molecule has 0 aliphatic rings. The first kappa shape index (κ1) is 11.3. The summed E-state index contributed by atoms with van der Waals surface area (Å²) in [6.07, 6.45) is 0.944. The van der Waals surface area contributed by atoms with Gasteiger partial charge in [-0.2, -0.15) is 8.42 Å². The van der Waals surface area contributed by atoms with Crippen molar-refractivity contribution in [1.29, 1.82) is 0 Å². The van der Waals surface area contributed by atoms with Gasteiger partial charge in [-0.3, -0.25) is 0 Å². The Morgan fingerprint density at radius 2 is 2.08 bits per heavy atom. The van der Waals surface area contributed by atoms with Crippen molar-refractivity contribution in [2.24, 2.45) is 16.0 Å². The molecule has 13 heavy (non-hydrogen) atoms. The number of nitrogens with two attached hydrogens (primary N) is 2. The van der Waals surface area contributed by atoms with Crippen molar-refractivity contribution in [3.05, 3.63) is 0 Å². The van der Waals surface area contributed by atoms with Gasteiger partial charge in [-0.1, -0.05) is 9.93 Å². The maximum absolute atomic E-state index is 10.3. The van der Waals surface area contributed by atoms with E-state index in [4.69, 9.17) is 0 Å².